The van der Waals surface area contributed by atoms with Crippen molar-refractivity contribution in [2.45, 2.75) is 13.3 Å². The molecule has 7 nitrogen and oxygen atoms in total. The van der Waals surface area contributed by atoms with Crippen molar-refractivity contribution < 1.29 is 34.8 Å². The smallest absolute Gasteiger partial charge is 0.336 e. The van der Waals surface area contributed by atoms with Gasteiger partial charge >= 0.3 is 11.9 Å². The van der Waals surface area contributed by atoms with Crippen molar-refractivity contribution in [1.29, 1.82) is 0 Å². The van der Waals surface area contributed by atoms with Crippen LogP contribution in [0, 0.1) is 0 Å². The van der Waals surface area contributed by atoms with E-state index >= 15 is 0 Å². The van der Waals surface area contributed by atoms with E-state index in [0.717, 1.165) is 24.3 Å². The minimum absolute atomic E-state index is 0.190. The van der Waals surface area contributed by atoms with E-state index in [1.54, 1.807) is 6.92 Å². The summed E-state index contributed by atoms with van der Waals surface area (Å²) in [6, 6.07) is 5.31. The van der Waals surface area contributed by atoms with Gasteiger partial charge in [-0.3, -0.25) is 4.79 Å². The second kappa shape index (κ2) is 6.41. The first-order valence-electron chi connectivity index (χ1n) is 6.96. The molecule has 0 aromatic heterocycles. The second-order valence-corrected chi connectivity index (χ2v) is 5.05. The van der Waals surface area contributed by atoms with Gasteiger partial charge in [0.2, 0.25) is 0 Å². The number of carbonyl (C=O) groups is 3. The maximum absolute atomic E-state index is 12.6. The van der Waals surface area contributed by atoms with Gasteiger partial charge in [0.05, 0.1) is 16.7 Å². The van der Waals surface area contributed by atoms with Gasteiger partial charge in [-0.1, -0.05) is 6.92 Å². The minimum atomic E-state index is -1.40. The predicted molar refractivity (Wildman–Crippen MR) is 82.9 cm³/mol. The lowest BCUT2D eigenvalue weighted by Gasteiger charge is -2.11. The molecule has 0 aliphatic rings. The summed E-state index contributed by atoms with van der Waals surface area (Å²) in [5.41, 5.74) is -0.810. The summed E-state index contributed by atoms with van der Waals surface area (Å²) in [7, 11) is 0. The number of hydrogen-bond acceptors (Lipinski definition) is 5. The van der Waals surface area contributed by atoms with Crippen molar-refractivity contribution in [2.75, 3.05) is 0 Å². The molecule has 4 N–H and O–H groups in total. The largest absolute Gasteiger partial charge is 0.508 e. The molecule has 124 valence electrons. The Kier molecular flexibility index (Phi) is 4.54. The number of carbonyl (C=O) groups excluding carboxylic acids is 1. The lowest BCUT2D eigenvalue weighted by atomic mass is 9.94. The molecule has 2 aromatic rings. The summed E-state index contributed by atoms with van der Waals surface area (Å²) in [5.74, 6) is -4.27. The number of benzene rings is 2. The average Bonchev–Trinajstić information content (AvgIpc) is 2.53. The number of carboxylic acids is 2. The summed E-state index contributed by atoms with van der Waals surface area (Å²) < 4.78 is 0. The lowest BCUT2D eigenvalue weighted by Crippen LogP contribution is -2.12. The first kappa shape index (κ1) is 17.0. The Hall–Kier alpha value is -3.35. The zero-order valence-corrected chi connectivity index (χ0v) is 12.6. The van der Waals surface area contributed by atoms with Gasteiger partial charge in [0.15, 0.2) is 5.78 Å². The number of phenolic OH excluding ortho intramolecular Hbond substituents is 2. The molecule has 0 bridgehead atoms. The van der Waals surface area contributed by atoms with E-state index in [4.69, 9.17) is 5.11 Å². The molecule has 0 aliphatic carbocycles. The molecule has 0 atom stereocenters. The molecular weight excluding hydrogens is 316 g/mol. The van der Waals surface area contributed by atoms with Gasteiger partial charge in [0.25, 0.3) is 0 Å². The van der Waals surface area contributed by atoms with E-state index in [9.17, 15) is 29.7 Å². The zero-order valence-electron chi connectivity index (χ0n) is 12.6. The highest BCUT2D eigenvalue weighted by molar-refractivity contribution is 6.16. The molecule has 0 unspecified atom stereocenters. The monoisotopic (exact) mass is 330 g/mol. The number of ketones is 1. The van der Waals surface area contributed by atoms with Gasteiger partial charge in [-0.2, -0.15) is 0 Å². The fourth-order valence-electron chi connectivity index (χ4n) is 2.28. The zero-order chi connectivity index (χ0) is 18.0. The number of phenols is 2. The second-order valence-electron chi connectivity index (χ2n) is 5.05. The Balaban J connectivity index is 2.67. The van der Waals surface area contributed by atoms with Crippen molar-refractivity contribution >= 4 is 17.7 Å². The van der Waals surface area contributed by atoms with E-state index in [0.29, 0.717) is 12.0 Å². The van der Waals surface area contributed by atoms with Gasteiger partial charge in [-0.05, 0) is 36.2 Å². The van der Waals surface area contributed by atoms with Crippen molar-refractivity contribution in [3.8, 4) is 11.5 Å². The van der Waals surface area contributed by atoms with Crippen LogP contribution in [0.3, 0.4) is 0 Å². The Morgan fingerprint density at radius 2 is 1.50 bits per heavy atom. The van der Waals surface area contributed by atoms with Crippen LogP contribution in [0.15, 0.2) is 30.3 Å². The maximum Gasteiger partial charge on any atom is 0.336 e. The van der Waals surface area contributed by atoms with Gasteiger partial charge in [0, 0.05) is 11.6 Å². The number of hydrogen-bond donors (Lipinski definition) is 4. The molecule has 0 heterocycles. The third-order valence-electron chi connectivity index (χ3n) is 3.56. The van der Waals surface area contributed by atoms with Crippen LogP contribution in [0.4, 0.5) is 0 Å². The fraction of sp³-hybridized carbons (Fsp3) is 0.118. The first-order chi connectivity index (χ1) is 11.3. The Bertz CT molecular complexity index is 852. The third kappa shape index (κ3) is 3.05. The van der Waals surface area contributed by atoms with Crippen molar-refractivity contribution in [3.63, 3.8) is 0 Å². The number of rotatable bonds is 5. The normalized spacial score (nSPS) is 10.4. The standard InChI is InChI=1S/C17H14O7/c1-2-8-5-12(14(19)7-13(8)18)15(20)11-6-9(16(21)22)3-4-10(11)17(23)24/h3-7,18-19H,2H2,1H3,(H,21,22)(H,23,24). The Labute approximate surface area is 136 Å². The maximum atomic E-state index is 12.6. The summed E-state index contributed by atoms with van der Waals surface area (Å²) in [6.07, 6.45) is 0.382. The fourth-order valence-corrected chi connectivity index (χ4v) is 2.28. The van der Waals surface area contributed by atoms with E-state index in [-0.39, 0.29) is 28.0 Å². The van der Waals surface area contributed by atoms with Gasteiger partial charge in [-0.25, -0.2) is 9.59 Å². The van der Waals surface area contributed by atoms with E-state index in [2.05, 4.69) is 0 Å². The SMILES string of the molecule is CCc1cc(C(=O)c2cc(C(=O)O)ccc2C(=O)O)c(O)cc1O. The highest BCUT2D eigenvalue weighted by atomic mass is 16.4. The molecule has 2 rings (SSSR count). The van der Waals surface area contributed by atoms with Crippen molar-refractivity contribution in [2.24, 2.45) is 0 Å². The predicted octanol–water partition coefficient (Wildman–Crippen LogP) is 2.29. The van der Waals surface area contributed by atoms with Crippen molar-refractivity contribution in [1.82, 2.24) is 0 Å². The quantitative estimate of drug-likeness (QED) is 0.618. The molecule has 24 heavy (non-hydrogen) atoms. The number of aromatic carboxylic acids is 2. The topological polar surface area (TPSA) is 132 Å². The molecule has 2 aromatic carbocycles. The summed E-state index contributed by atoms with van der Waals surface area (Å²) >= 11 is 0. The molecule has 7 heteroatoms. The van der Waals surface area contributed by atoms with Crippen LogP contribution in [0.5, 0.6) is 11.5 Å². The summed E-state index contributed by atoms with van der Waals surface area (Å²) in [5, 5.41) is 37.8. The van der Waals surface area contributed by atoms with E-state index in [1.807, 2.05) is 0 Å². The molecule has 0 fully saturated rings. The van der Waals surface area contributed by atoms with Gasteiger partial charge < -0.3 is 20.4 Å². The number of carboxylic acid groups (broad SMARTS) is 2. The highest BCUT2D eigenvalue weighted by Gasteiger charge is 2.23. The Morgan fingerprint density at radius 3 is 2.04 bits per heavy atom. The van der Waals surface area contributed by atoms with Crippen LogP contribution in [-0.4, -0.2) is 38.1 Å². The molecule has 0 aliphatic heterocycles. The highest BCUT2D eigenvalue weighted by Crippen LogP contribution is 2.30. The third-order valence-corrected chi connectivity index (χ3v) is 3.56. The molecule has 0 spiro atoms. The van der Waals surface area contributed by atoms with Crippen LogP contribution in [0.25, 0.3) is 0 Å². The van der Waals surface area contributed by atoms with E-state index < -0.39 is 23.5 Å². The molecule has 0 amide bonds. The van der Waals surface area contributed by atoms with Crippen LogP contribution in [-0.2, 0) is 6.42 Å². The molecule has 0 radical (unpaired) electrons. The molecule has 0 saturated heterocycles. The summed E-state index contributed by atoms with van der Waals surface area (Å²) in [4.78, 5) is 35.0. The van der Waals surface area contributed by atoms with E-state index in [1.165, 1.54) is 6.07 Å². The van der Waals surface area contributed by atoms with Crippen LogP contribution < -0.4 is 0 Å². The number of aryl methyl sites for hydroxylation is 1. The van der Waals surface area contributed by atoms with Gasteiger partial charge in [-0.15, -0.1) is 0 Å². The first-order valence-corrected chi connectivity index (χ1v) is 6.96. The minimum Gasteiger partial charge on any atom is -0.508 e. The summed E-state index contributed by atoms with van der Waals surface area (Å²) in [6.45, 7) is 1.73. The van der Waals surface area contributed by atoms with Crippen LogP contribution in [0.2, 0.25) is 0 Å². The lowest BCUT2D eigenvalue weighted by molar-refractivity contribution is 0.0679. The van der Waals surface area contributed by atoms with Crippen LogP contribution in [0.1, 0.15) is 49.1 Å². The number of aromatic hydroxyl groups is 2. The molecular formula is C17H14O7. The average molecular weight is 330 g/mol. The van der Waals surface area contributed by atoms with Crippen LogP contribution >= 0.6 is 0 Å². The van der Waals surface area contributed by atoms with Gasteiger partial charge in [0.1, 0.15) is 11.5 Å². The van der Waals surface area contributed by atoms with Crippen molar-refractivity contribution in [3.05, 3.63) is 58.1 Å². The Morgan fingerprint density at radius 1 is 0.833 bits per heavy atom. The molecule has 0 saturated carbocycles.